The lowest BCUT2D eigenvalue weighted by atomic mass is 9.95. The molecule has 8 nitrogen and oxygen atoms in total. The molecule has 0 fully saturated rings. The molecule has 0 bridgehead atoms. The molecule has 27 heavy (non-hydrogen) atoms. The Morgan fingerprint density at radius 1 is 1.11 bits per heavy atom. The second-order valence-corrected chi connectivity index (χ2v) is 7.08. The van der Waals surface area contributed by atoms with Crippen molar-refractivity contribution in [1.29, 1.82) is 0 Å². The Morgan fingerprint density at radius 2 is 1.67 bits per heavy atom. The van der Waals surface area contributed by atoms with Crippen LogP contribution in [-0.4, -0.2) is 55.1 Å². The van der Waals surface area contributed by atoms with E-state index in [1.165, 1.54) is 31.3 Å². The molecule has 0 spiro atoms. The Bertz CT molecular complexity index is 709. The van der Waals surface area contributed by atoms with E-state index < -0.39 is 23.8 Å². The van der Waals surface area contributed by atoms with Crippen LogP contribution >= 0.6 is 0 Å². The first-order valence-corrected chi connectivity index (χ1v) is 8.63. The minimum Gasteiger partial charge on any atom is -0.493 e. The van der Waals surface area contributed by atoms with E-state index in [2.05, 4.69) is 5.32 Å². The van der Waals surface area contributed by atoms with Crippen LogP contribution in [0.2, 0.25) is 0 Å². The summed E-state index contributed by atoms with van der Waals surface area (Å²) in [5, 5.41) is 11.8. The smallest absolute Gasteiger partial charge is 0.323 e. The van der Waals surface area contributed by atoms with Crippen LogP contribution in [0.3, 0.4) is 0 Å². The zero-order chi connectivity index (χ0) is 20.8. The SMILES string of the molecule is CCCN(CC(=O)O)C(=O)c1cc(OC)c(OC)cc1NC(=O)C(C)(C)C. The molecule has 0 saturated carbocycles. The molecule has 0 radical (unpaired) electrons. The van der Waals surface area contributed by atoms with Crippen LogP contribution in [0.1, 0.15) is 44.5 Å². The first-order valence-electron chi connectivity index (χ1n) is 8.63. The van der Waals surface area contributed by atoms with E-state index in [4.69, 9.17) is 14.6 Å². The Labute approximate surface area is 159 Å². The minimum absolute atomic E-state index is 0.139. The highest BCUT2D eigenvalue weighted by molar-refractivity contribution is 6.06. The summed E-state index contributed by atoms with van der Waals surface area (Å²) in [5.41, 5.74) is -0.304. The molecule has 0 saturated heterocycles. The van der Waals surface area contributed by atoms with Crippen molar-refractivity contribution in [3.05, 3.63) is 17.7 Å². The zero-order valence-electron chi connectivity index (χ0n) is 16.7. The highest BCUT2D eigenvalue weighted by Gasteiger charge is 2.27. The van der Waals surface area contributed by atoms with E-state index >= 15 is 0 Å². The van der Waals surface area contributed by atoms with Crippen LogP contribution in [0, 0.1) is 5.41 Å². The number of carbonyl (C=O) groups is 3. The number of benzene rings is 1. The van der Waals surface area contributed by atoms with Gasteiger partial charge in [0.05, 0.1) is 25.5 Å². The molecule has 2 N–H and O–H groups in total. The Hall–Kier alpha value is -2.77. The van der Waals surface area contributed by atoms with Gasteiger partial charge in [0.15, 0.2) is 11.5 Å². The van der Waals surface area contributed by atoms with E-state index in [0.717, 1.165) is 0 Å². The lowest BCUT2D eigenvalue weighted by Gasteiger charge is -2.24. The topological polar surface area (TPSA) is 105 Å². The summed E-state index contributed by atoms with van der Waals surface area (Å²) in [6.45, 7) is 6.92. The molecule has 1 aromatic carbocycles. The van der Waals surface area contributed by atoms with E-state index in [1.807, 2.05) is 6.92 Å². The summed E-state index contributed by atoms with van der Waals surface area (Å²) in [6, 6.07) is 2.95. The molecular weight excluding hydrogens is 352 g/mol. The van der Waals surface area contributed by atoms with Crippen LogP contribution < -0.4 is 14.8 Å². The first-order chi connectivity index (χ1) is 12.5. The fourth-order valence-corrected chi connectivity index (χ4v) is 2.33. The summed E-state index contributed by atoms with van der Waals surface area (Å²) in [7, 11) is 2.88. The van der Waals surface area contributed by atoms with Crippen molar-refractivity contribution in [3.63, 3.8) is 0 Å². The molecule has 0 aliphatic heterocycles. The number of ether oxygens (including phenoxy) is 2. The lowest BCUT2D eigenvalue weighted by Crippen LogP contribution is -2.37. The molecular formula is C19H28N2O6. The Kier molecular flexibility index (Phi) is 7.63. The first kappa shape index (κ1) is 22.3. The number of rotatable bonds is 8. The van der Waals surface area contributed by atoms with Crippen LogP contribution in [0.15, 0.2) is 12.1 Å². The molecule has 150 valence electrons. The Balaban J connectivity index is 3.45. The molecule has 1 rings (SSSR count). The van der Waals surface area contributed by atoms with Gasteiger partial charge >= 0.3 is 5.97 Å². The van der Waals surface area contributed by atoms with Crippen molar-refractivity contribution in [1.82, 2.24) is 4.90 Å². The van der Waals surface area contributed by atoms with Gasteiger partial charge in [0.1, 0.15) is 6.54 Å². The molecule has 2 amide bonds. The summed E-state index contributed by atoms with van der Waals surface area (Å²) in [6.07, 6.45) is 0.593. The second kappa shape index (κ2) is 9.25. The molecule has 8 heteroatoms. The van der Waals surface area contributed by atoms with Crippen molar-refractivity contribution in [2.24, 2.45) is 5.41 Å². The predicted molar refractivity (Wildman–Crippen MR) is 101 cm³/mol. The zero-order valence-corrected chi connectivity index (χ0v) is 16.7. The van der Waals surface area contributed by atoms with Crippen LogP contribution in [-0.2, 0) is 9.59 Å². The molecule has 0 aliphatic carbocycles. The summed E-state index contributed by atoms with van der Waals surface area (Å²) in [4.78, 5) is 37.8. The highest BCUT2D eigenvalue weighted by atomic mass is 16.5. The minimum atomic E-state index is -1.11. The number of carboxylic acids is 1. The molecule has 1 aromatic rings. The molecule has 0 unspecified atom stereocenters. The van der Waals surface area contributed by atoms with Gasteiger partial charge in [0, 0.05) is 18.0 Å². The largest absolute Gasteiger partial charge is 0.493 e. The summed E-state index contributed by atoms with van der Waals surface area (Å²) < 4.78 is 10.5. The molecule has 0 aromatic heterocycles. The van der Waals surface area contributed by atoms with Crippen molar-refractivity contribution in [3.8, 4) is 11.5 Å². The summed E-state index contributed by atoms with van der Waals surface area (Å²) in [5.74, 6) is -1.26. The van der Waals surface area contributed by atoms with Crippen molar-refractivity contribution < 1.29 is 29.0 Å². The number of amides is 2. The van der Waals surface area contributed by atoms with Crippen LogP contribution in [0.4, 0.5) is 5.69 Å². The third-order valence-electron chi connectivity index (χ3n) is 3.79. The number of nitrogens with zero attached hydrogens (tertiary/aromatic N) is 1. The number of methoxy groups -OCH3 is 2. The van der Waals surface area contributed by atoms with Gasteiger partial charge in [-0.25, -0.2) is 0 Å². The number of aliphatic carboxylic acids is 1. The van der Waals surface area contributed by atoms with Crippen LogP contribution in [0.5, 0.6) is 11.5 Å². The molecule has 0 heterocycles. The predicted octanol–water partition coefficient (Wildman–Crippen LogP) is 2.63. The third-order valence-corrected chi connectivity index (χ3v) is 3.79. The van der Waals surface area contributed by atoms with Gasteiger partial charge in [-0.15, -0.1) is 0 Å². The molecule has 0 aliphatic rings. The maximum atomic E-state index is 13.0. The average molecular weight is 380 g/mol. The van der Waals surface area contributed by atoms with E-state index in [1.54, 1.807) is 20.8 Å². The van der Waals surface area contributed by atoms with E-state index in [-0.39, 0.29) is 23.7 Å². The van der Waals surface area contributed by atoms with Crippen molar-refractivity contribution in [2.75, 3.05) is 32.6 Å². The van der Waals surface area contributed by atoms with Gasteiger partial charge in [-0.3, -0.25) is 14.4 Å². The van der Waals surface area contributed by atoms with Gasteiger partial charge in [0.25, 0.3) is 5.91 Å². The van der Waals surface area contributed by atoms with E-state index in [0.29, 0.717) is 17.9 Å². The number of anilines is 1. The second-order valence-electron chi connectivity index (χ2n) is 7.08. The number of nitrogens with one attached hydrogen (secondary N) is 1. The fourth-order valence-electron chi connectivity index (χ4n) is 2.33. The quantitative estimate of drug-likeness (QED) is 0.718. The van der Waals surface area contributed by atoms with Crippen LogP contribution in [0.25, 0.3) is 0 Å². The standard InChI is InChI=1S/C19H28N2O6/c1-7-8-21(11-16(22)23)17(24)12-9-14(26-5)15(27-6)10-13(12)20-18(25)19(2,3)4/h9-10H,7-8,11H2,1-6H3,(H,20,25)(H,22,23). The monoisotopic (exact) mass is 380 g/mol. The molecule has 0 atom stereocenters. The lowest BCUT2D eigenvalue weighted by molar-refractivity contribution is -0.137. The van der Waals surface area contributed by atoms with Gasteiger partial charge < -0.3 is 24.8 Å². The van der Waals surface area contributed by atoms with Gasteiger partial charge in [-0.1, -0.05) is 27.7 Å². The maximum absolute atomic E-state index is 13.0. The average Bonchev–Trinajstić information content (AvgIpc) is 2.59. The fraction of sp³-hybridized carbons (Fsp3) is 0.526. The van der Waals surface area contributed by atoms with Gasteiger partial charge in [0.2, 0.25) is 5.91 Å². The van der Waals surface area contributed by atoms with E-state index in [9.17, 15) is 14.4 Å². The summed E-state index contributed by atoms with van der Waals surface area (Å²) >= 11 is 0. The third kappa shape index (κ3) is 5.87. The van der Waals surface area contributed by atoms with Crippen molar-refractivity contribution >= 4 is 23.5 Å². The number of hydrogen-bond donors (Lipinski definition) is 2. The highest BCUT2D eigenvalue weighted by Crippen LogP contribution is 2.34. The van der Waals surface area contributed by atoms with Crippen molar-refractivity contribution in [2.45, 2.75) is 34.1 Å². The number of carbonyl (C=O) groups excluding carboxylic acids is 2. The number of hydrogen-bond acceptors (Lipinski definition) is 5. The number of carboxylic acid groups (broad SMARTS) is 1. The normalized spacial score (nSPS) is 10.9. The van der Waals surface area contributed by atoms with Gasteiger partial charge in [-0.05, 0) is 12.5 Å². The Morgan fingerprint density at radius 3 is 2.11 bits per heavy atom. The van der Waals surface area contributed by atoms with Gasteiger partial charge in [-0.2, -0.15) is 0 Å². The maximum Gasteiger partial charge on any atom is 0.323 e.